The van der Waals surface area contributed by atoms with Crippen LogP contribution in [-0.4, -0.2) is 53.0 Å². The van der Waals surface area contributed by atoms with Crippen molar-refractivity contribution < 1.29 is 14.7 Å². The monoisotopic (exact) mass is 396 g/mol. The number of carboxylic acids is 1. The summed E-state index contributed by atoms with van der Waals surface area (Å²) in [5.74, 6) is -1.98. The fourth-order valence-electron chi connectivity index (χ4n) is 3.61. The molecule has 0 radical (unpaired) electrons. The first-order valence-electron chi connectivity index (χ1n) is 8.78. The Kier molecular flexibility index (Phi) is 6.22. The summed E-state index contributed by atoms with van der Waals surface area (Å²) < 4.78 is 0. The van der Waals surface area contributed by atoms with Crippen LogP contribution in [0.1, 0.15) is 18.4 Å². The van der Waals surface area contributed by atoms with Crippen LogP contribution in [0.25, 0.3) is 0 Å². The molecule has 1 aliphatic carbocycles. The van der Waals surface area contributed by atoms with Crippen molar-refractivity contribution in [1.29, 1.82) is 0 Å². The summed E-state index contributed by atoms with van der Waals surface area (Å²) >= 11 is 12.2. The van der Waals surface area contributed by atoms with E-state index in [0.29, 0.717) is 42.5 Å². The molecule has 0 spiro atoms. The number of hydrogen-bond donors (Lipinski definition) is 1. The van der Waals surface area contributed by atoms with Gasteiger partial charge in [0, 0.05) is 42.8 Å². The number of allylic oxidation sites excluding steroid dienone is 2. The highest BCUT2D eigenvalue weighted by atomic mass is 35.5. The highest BCUT2D eigenvalue weighted by molar-refractivity contribution is 6.35. The quantitative estimate of drug-likeness (QED) is 0.793. The van der Waals surface area contributed by atoms with Crippen LogP contribution in [0.5, 0.6) is 0 Å². The number of halogens is 2. The lowest BCUT2D eigenvalue weighted by Gasteiger charge is -2.37. The van der Waals surface area contributed by atoms with Gasteiger partial charge < -0.3 is 10.0 Å². The Morgan fingerprint density at radius 2 is 1.69 bits per heavy atom. The second-order valence-corrected chi connectivity index (χ2v) is 7.67. The van der Waals surface area contributed by atoms with Gasteiger partial charge in [-0.3, -0.25) is 14.5 Å². The van der Waals surface area contributed by atoms with E-state index in [4.69, 9.17) is 23.2 Å². The largest absolute Gasteiger partial charge is 0.481 e. The number of carboxylic acid groups (broad SMARTS) is 1. The van der Waals surface area contributed by atoms with Crippen molar-refractivity contribution in [3.8, 4) is 0 Å². The number of carbonyl (C=O) groups is 2. The first-order chi connectivity index (χ1) is 12.5. The van der Waals surface area contributed by atoms with Crippen molar-refractivity contribution in [2.75, 3.05) is 26.2 Å². The number of hydrogen-bond acceptors (Lipinski definition) is 3. The zero-order valence-electron chi connectivity index (χ0n) is 14.4. The molecule has 140 valence electrons. The molecule has 2 aliphatic rings. The number of nitrogens with zero attached hydrogens (tertiary/aromatic N) is 2. The molecular weight excluding hydrogens is 375 g/mol. The molecule has 1 aromatic carbocycles. The number of piperazine rings is 1. The maximum Gasteiger partial charge on any atom is 0.307 e. The Bertz CT molecular complexity index is 715. The van der Waals surface area contributed by atoms with Gasteiger partial charge in [0.25, 0.3) is 0 Å². The van der Waals surface area contributed by atoms with Crippen LogP contribution in [0.3, 0.4) is 0 Å². The van der Waals surface area contributed by atoms with Gasteiger partial charge in [-0.25, -0.2) is 0 Å². The fourth-order valence-corrected chi connectivity index (χ4v) is 4.08. The van der Waals surface area contributed by atoms with Gasteiger partial charge in [0.2, 0.25) is 5.91 Å². The molecule has 1 heterocycles. The molecule has 0 saturated carbocycles. The molecule has 0 aromatic heterocycles. The van der Waals surface area contributed by atoms with Crippen molar-refractivity contribution in [1.82, 2.24) is 9.80 Å². The van der Waals surface area contributed by atoms with E-state index in [1.807, 2.05) is 24.3 Å². The van der Waals surface area contributed by atoms with Crippen LogP contribution in [0.15, 0.2) is 30.4 Å². The van der Waals surface area contributed by atoms with Crippen LogP contribution >= 0.6 is 23.2 Å². The smallest absolute Gasteiger partial charge is 0.307 e. The second-order valence-electron chi connectivity index (χ2n) is 6.83. The SMILES string of the molecule is O=C(O)C1CC=CCC1C(=O)N1CCN(Cc2ccc(Cl)cc2Cl)CC1. The average molecular weight is 397 g/mol. The first-order valence-corrected chi connectivity index (χ1v) is 9.54. The number of rotatable bonds is 4. The van der Waals surface area contributed by atoms with E-state index in [1.165, 1.54) is 0 Å². The van der Waals surface area contributed by atoms with Crippen LogP contribution in [0.4, 0.5) is 0 Å². The Labute approximate surface area is 163 Å². The van der Waals surface area contributed by atoms with Gasteiger partial charge in [-0.2, -0.15) is 0 Å². The minimum absolute atomic E-state index is 0.0362. The molecular formula is C19H22Cl2N2O3. The maximum absolute atomic E-state index is 12.8. The predicted molar refractivity (Wildman–Crippen MR) is 101 cm³/mol. The lowest BCUT2D eigenvalue weighted by atomic mass is 9.82. The lowest BCUT2D eigenvalue weighted by Crippen LogP contribution is -2.51. The summed E-state index contributed by atoms with van der Waals surface area (Å²) in [6.07, 6.45) is 4.72. The number of benzene rings is 1. The average Bonchev–Trinajstić information content (AvgIpc) is 2.64. The summed E-state index contributed by atoms with van der Waals surface area (Å²) in [6.45, 7) is 3.41. The van der Waals surface area contributed by atoms with E-state index >= 15 is 0 Å². The van der Waals surface area contributed by atoms with E-state index in [-0.39, 0.29) is 5.91 Å². The Morgan fingerprint density at radius 3 is 2.31 bits per heavy atom. The molecule has 1 aromatic rings. The molecule has 1 N–H and O–H groups in total. The van der Waals surface area contributed by atoms with Crippen LogP contribution < -0.4 is 0 Å². The summed E-state index contributed by atoms with van der Waals surface area (Å²) in [5, 5.41) is 10.6. The van der Waals surface area contributed by atoms with Gasteiger partial charge in [0.1, 0.15) is 0 Å². The van der Waals surface area contributed by atoms with Gasteiger partial charge in [0.15, 0.2) is 0 Å². The van der Waals surface area contributed by atoms with Crippen LogP contribution in [0, 0.1) is 11.8 Å². The molecule has 5 nitrogen and oxygen atoms in total. The van der Waals surface area contributed by atoms with Gasteiger partial charge in [-0.05, 0) is 30.5 Å². The molecule has 1 aliphatic heterocycles. The number of aliphatic carboxylic acids is 1. The minimum Gasteiger partial charge on any atom is -0.481 e. The molecule has 0 bridgehead atoms. The van der Waals surface area contributed by atoms with E-state index in [1.54, 1.807) is 11.0 Å². The van der Waals surface area contributed by atoms with Crippen molar-refractivity contribution in [2.24, 2.45) is 11.8 Å². The second kappa shape index (κ2) is 8.42. The minimum atomic E-state index is -0.885. The van der Waals surface area contributed by atoms with Gasteiger partial charge in [-0.15, -0.1) is 0 Å². The zero-order chi connectivity index (χ0) is 18.7. The predicted octanol–water partition coefficient (Wildman–Crippen LogP) is 3.30. The normalized spacial score (nSPS) is 23.8. The van der Waals surface area contributed by atoms with Crippen molar-refractivity contribution in [3.05, 3.63) is 46.0 Å². The topological polar surface area (TPSA) is 60.9 Å². The number of carbonyl (C=O) groups excluding carboxylic acids is 1. The summed E-state index contributed by atoms with van der Waals surface area (Å²) in [7, 11) is 0. The van der Waals surface area contributed by atoms with Crippen molar-refractivity contribution in [2.45, 2.75) is 19.4 Å². The van der Waals surface area contributed by atoms with E-state index < -0.39 is 17.8 Å². The van der Waals surface area contributed by atoms with Crippen LogP contribution in [-0.2, 0) is 16.1 Å². The Morgan fingerprint density at radius 1 is 1.04 bits per heavy atom. The van der Waals surface area contributed by atoms with E-state index in [2.05, 4.69) is 4.90 Å². The third kappa shape index (κ3) is 4.40. The third-order valence-electron chi connectivity index (χ3n) is 5.16. The van der Waals surface area contributed by atoms with Crippen molar-refractivity contribution in [3.63, 3.8) is 0 Å². The van der Waals surface area contributed by atoms with Gasteiger partial charge in [-0.1, -0.05) is 41.4 Å². The highest BCUT2D eigenvalue weighted by Crippen LogP contribution is 2.28. The van der Waals surface area contributed by atoms with E-state index in [9.17, 15) is 14.7 Å². The molecule has 7 heteroatoms. The molecule has 2 unspecified atom stereocenters. The molecule has 1 amide bonds. The molecule has 2 atom stereocenters. The molecule has 1 saturated heterocycles. The molecule has 26 heavy (non-hydrogen) atoms. The summed E-state index contributed by atoms with van der Waals surface area (Å²) in [4.78, 5) is 28.3. The molecule has 1 fully saturated rings. The fraction of sp³-hybridized carbons (Fsp3) is 0.474. The Hall–Kier alpha value is -1.56. The first kappa shape index (κ1) is 19.2. The number of amides is 1. The summed E-state index contributed by atoms with van der Waals surface area (Å²) in [5.41, 5.74) is 1.01. The summed E-state index contributed by atoms with van der Waals surface area (Å²) in [6, 6.07) is 5.49. The third-order valence-corrected chi connectivity index (χ3v) is 5.75. The zero-order valence-corrected chi connectivity index (χ0v) is 15.9. The molecule has 3 rings (SSSR count). The lowest BCUT2D eigenvalue weighted by molar-refractivity contribution is -0.151. The standard InChI is InChI=1S/C19H22Cl2N2O3/c20-14-6-5-13(17(21)11-14)12-22-7-9-23(10-8-22)18(24)15-3-1-2-4-16(15)19(25)26/h1-2,5-6,11,15-16H,3-4,7-10,12H2,(H,25,26). The van der Waals surface area contributed by atoms with Gasteiger partial charge >= 0.3 is 5.97 Å². The van der Waals surface area contributed by atoms with Crippen LogP contribution in [0.2, 0.25) is 10.0 Å². The van der Waals surface area contributed by atoms with Gasteiger partial charge in [0.05, 0.1) is 11.8 Å². The van der Waals surface area contributed by atoms with E-state index in [0.717, 1.165) is 18.7 Å². The highest BCUT2D eigenvalue weighted by Gasteiger charge is 2.37. The Balaban J connectivity index is 1.57. The maximum atomic E-state index is 12.8. The van der Waals surface area contributed by atoms with Crippen molar-refractivity contribution >= 4 is 35.1 Å².